The summed E-state index contributed by atoms with van der Waals surface area (Å²) in [4.78, 5) is 3.48. The largest absolute Gasteiger partial charge is 0.496 e. The van der Waals surface area contributed by atoms with E-state index in [4.69, 9.17) is 4.74 Å². The van der Waals surface area contributed by atoms with E-state index in [-0.39, 0.29) is 6.61 Å². The van der Waals surface area contributed by atoms with Gasteiger partial charge in [-0.2, -0.15) is 13.2 Å². The van der Waals surface area contributed by atoms with Crippen LogP contribution in [0.3, 0.4) is 0 Å². The number of allylic oxidation sites excluding steroid dienone is 6. The summed E-state index contributed by atoms with van der Waals surface area (Å²) in [5.41, 5.74) is 2.28. The zero-order chi connectivity index (χ0) is 22.4. The summed E-state index contributed by atoms with van der Waals surface area (Å²) in [6.07, 6.45) is 9.41. The van der Waals surface area contributed by atoms with Gasteiger partial charge in [0.2, 0.25) is 5.82 Å². The molecule has 170 valence electrons. The topological polar surface area (TPSA) is 59.3 Å². The normalized spacial score (nSPS) is 22.6. The summed E-state index contributed by atoms with van der Waals surface area (Å²) >= 11 is 0. The number of hydrogen-bond donors (Lipinski definition) is 2. The molecule has 31 heavy (non-hydrogen) atoms. The SMILES string of the molecule is CNC[C@H]1CC[C@@H](/C=C(\CCO)C2=C(OC)C=CC(n3ccnc3C(F)(F)F)=CC2)C1. The third-order valence-electron chi connectivity index (χ3n) is 5.89. The van der Waals surface area contributed by atoms with Gasteiger partial charge < -0.3 is 15.2 Å². The van der Waals surface area contributed by atoms with Gasteiger partial charge in [0.1, 0.15) is 5.76 Å². The Balaban J connectivity index is 1.89. The van der Waals surface area contributed by atoms with Gasteiger partial charge in [0.05, 0.1) is 7.11 Å². The number of nitrogens with one attached hydrogen (secondary N) is 1. The minimum absolute atomic E-state index is 0.000972. The number of rotatable bonds is 8. The van der Waals surface area contributed by atoms with Gasteiger partial charge in [0, 0.05) is 30.3 Å². The number of ether oxygens (including phenoxy) is 1. The quantitative estimate of drug-likeness (QED) is 0.627. The fourth-order valence-corrected chi connectivity index (χ4v) is 4.50. The number of alkyl halides is 3. The Bertz CT molecular complexity index is 881. The zero-order valence-electron chi connectivity index (χ0n) is 18.0. The molecular formula is C23H30F3N3O2. The monoisotopic (exact) mass is 437 g/mol. The van der Waals surface area contributed by atoms with Crippen LogP contribution in [0.1, 0.15) is 37.9 Å². The number of aliphatic hydroxyl groups excluding tert-OH is 1. The first-order chi connectivity index (χ1) is 14.9. The molecule has 0 saturated heterocycles. The highest BCUT2D eigenvalue weighted by Gasteiger charge is 2.36. The number of aromatic nitrogens is 2. The molecule has 3 rings (SSSR count). The highest BCUT2D eigenvalue weighted by atomic mass is 19.4. The van der Waals surface area contributed by atoms with Crippen molar-refractivity contribution >= 4 is 5.70 Å². The van der Waals surface area contributed by atoms with Crippen molar-refractivity contribution in [3.8, 4) is 0 Å². The number of imidazole rings is 1. The van der Waals surface area contributed by atoms with Crippen LogP contribution in [0.15, 0.2) is 53.6 Å². The lowest BCUT2D eigenvalue weighted by molar-refractivity contribution is -0.145. The van der Waals surface area contributed by atoms with Gasteiger partial charge in [0.15, 0.2) is 0 Å². The average molecular weight is 438 g/mol. The molecule has 0 bridgehead atoms. The Morgan fingerprint density at radius 2 is 2.16 bits per heavy atom. The fraction of sp³-hybridized carbons (Fsp3) is 0.522. The summed E-state index contributed by atoms with van der Waals surface area (Å²) in [6, 6.07) is 0. The maximum Gasteiger partial charge on any atom is 0.450 e. The highest BCUT2D eigenvalue weighted by molar-refractivity contribution is 5.62. The summed E-state index contributed by atoms with van der Waals surface area (Å²) in [6.45, 7) is 0.992. The molecule has 1 heterocycles. The summed E-state index contributed by atoms with van der Waals surface area (Å²) in [7, 11) is 3.51. The Hall–Kier alpha value is -2.32. The van der Waals surface area contributed by atoms with Crippen LogP contribution in [-0.2, 0) is 10.9 Å². The van der Waals surface area contributed by atoms with E-state index < -0.39 is 12.0 Å². The molecule has 2 aliphatic carbocycles. The lowest BCUT2D eigenvalue weighted by Gasteiger charge is -2.16. The predicted molar refractivity (Wildman–Crippen MR) is 114 cm³/mol. The average Bonchev–Trinajstić information content (AvgIpc) is 3.33. The zero-order valence-corrected chi connectivity index (χ0v) is 18.0. The molecule has 2 N–H and O–H groups in total. The van der Waals surface area contributed by atoms with Crippen molar-refractivity contribution in [3.63, 3.8) is 0 Å². The first-order valence-corrected chi connectivity index (χ1v) is 10.6. The number of aliphatic hydroxyl groups is 1. The van der Waals surface area contributed by atoms with Crippen molar-refractivity contribution in [2.24, 2.45) is 11.8 Å². The molecule has 0 unspecified atom stereocenters. The van der Waals surface area contributed by atoms with Crippen molar-refractivity contribution in [3.05, 3.63) is 59.4 Å². The van der Waals surface area contributed by atoms with Crippen LogP contribution in [0.4, 0.5) is 13.2 Å². The standard InChI is InChI=1S/C23H30F3N3O2/c1-27-15-17-4-3-16(13-17)14-18(9-12-30)20-7-5-19(6-8-21(20)31-2)29-11-10-28-22(29)23(24,25)26/h5-6,8,10-11,14,16-17,27,30H,3-4,7,9,12-13,15H2,1-2H3/b18-14+/t16-,17+/m1/s1. The lowest BCUT2D eigenvalue weighted by atomic mass is 9.93. The van der Waals surface area contributed by atoms with Gasteiger partial charge in [-0.1, -0.05) is 12.2 Å². The van der Waals surface area contributed by atoms with Crippen molar-refractivity contribution < 1.29 is 23.0 Å². The number of hydrogen-bond acceptors (Lipinski definition) is 4. The van der Waals surface area contributed by atoms with Crippen LogP contribution in [0.2, 0.25) is 0 Å². The molecule has 0 amide bonds. The van der Waals surface area contributed by atoms with E-state index >= 15 is 0 Å². The molecule has 0 spiro atoms. The van der Waals surface area contributed by atoms with Gasteiger partial charge in [-0.15, -0.1) is 0 Å². The number of nitrogens with zero attached hydrogens (tertiary/aromatic N) is 2. The second-order valence-corrected chi connectivity index (χ2v) is 7.99. The molecule has 2 aliphatic rings. The van der Waals surface area contributed by atoms with Crippen molar-refractivity contribution in [1.82, 2.24) is 14.9 Å². The molecule has 1 saturated carbocycles. The van der Waals surface area contributed by atoms with E-state index in [2.05, 4.69) is 16.4 Å². The minimum Gasteiger partial charge on any atom is -0.496 e. The molecule has 5 nitrogen and oxygen atoms in total. The van der Waals surface area contributed by atoms with Crippen LogP contribution in [0, 0.1) is 11.8 Å². The smallest absolute Gasteiger partial charge is 0.450 e. The summed E-state index contributed by atoms with van der Waals surface area (Å²) in [5, 5.41) is 12.9. The van der Waals surface area contributed by atoms with E-state index in [0.29, 0.717) is 36.1 Å². The van der Waals surface area contributed by atoms with Gasteiger partial charge in [0.25, 0.3) is 0 Å². The molecule has 1 aromatic rings. The van der Waals surface area contributed by atoms with E-state index in [9.17, 15) is 18.3 Å². The predicted octanol–water partition coefficient (Wildman–Crippen LogP) is 4.55. The van der Waals surface area contributed by atoms with E-state index in [1.54, 1.807) is 25.3 Å². The van der Waals surface area contributed by atoms with Crippen LogP contribution in [-0.4, -0.2) is 42.0 Å². The fourth-order valence-electron chi connectivity index (χ4n) is 4.50. The second kappa shape index (κ2) is 10.3. The number of halogens is 3. The molecular weight excluding hydrogens is 407 g/mol. The van der Waals surface area contributed by atoms with Crippen LogP contribution < -0.4 is 5.32 Å². The minimum atomic E-state index is -4.54. The van der Waals surface area contributed by atoms with Crippen molar-refractivity contribution in [2.75, 3.05) is 27.3 Å². The third-order valence-corrected chi connectivity index (χ3v) is 5.89. The van der Waals surface area contributed by atoms with E-state index in [0.717, 1.165) is 47.7 Å². The molecule has 2 atom stereocenters. The van der Waals surface area contributed by atoms with E-state index in [1.165, 1.54) is 6.20 Å². The van der Waals surface area contributed by atoms with E-state index in [1.807, 2.05) is 7.05 Å². The maximum atomic E-state index is 13.3. The van der Waals surface area contributed by atoms with Gasteiger partial charge in [-0.05, 0) is 75.3 Å². The third kappa shape index (κ3) is 5.68. The van der Waals surface area contributed by atoms with Crippen molar-refractivity contribution in [2.45, 2.75) is 38.3 Å². The maximum absolute atomic E-state index is 13.3. The first-order valence-electron chi connectivity index (χ1n) is 10.6. The summed E-state index contributed by atoms with van der Waals surface area (Å²) in [5.74, 6) is 0.703. The van der Waals surface area contributed by atoms with Gasteiger partial charge in [-0.3, -0.25) is 4.57 Å². The number of methoxy groups -OCH3 is 1. The Morgan fingerprint density at radius 1 is 1.35 bits per heavy atom. The molecule has 1 fully saturated rings. The summed E-state index contributed by atoms with van der Waals surface area (Å²) < 4.78 is 46.5. The Morgan fingerprint density at radius 3 is 2.84 bits per heavy atom. The second-order valence-electron chi connectivity index (χ2n) is 7.99. The molecule has 0 aliphatic heterocycles. The van der Waals surface area contributed by atoms with Crippen molar-refractivity contribution in [1.29, 1.82) is 0 Å². The molecule has 1 aromatic heterocycles. The molecule has 8 heteroatoms. The van der Waals surface area contributed by atoms with Crippen LogP contribution >= 0.6 is 0 Å². The first kappa shape index (κ1) is 23.3. The molecule has 0 radical (unpaired) electrons. The molecule has 0 aromatic carbocycles. The van der Waals surface area contributed by atoms with Crippen LogP contribution in [0.5, 0.6) is 0 Å². The lowest BCUT2D eigenvalue weighted by Crippen LogP contribution is -2.16. The highest BCUT2D eigenvalue weighted by Crippen LogP contribution is 2.36. The van der Waals surface area contributed by atoms with Gasteiger partial charge in [-0.25, -0.2) is 4.98 Å². The Kier molecular flexibility index (Phi) is 7.78. The van der Waals surface area contributed by atoms with Gasteiger partial charge >= 0.3 is 6.18 Å². The van der Waals surface area contributed by atoms with Crippen LogP contribution in [0.25, 0.3) is 5.70 Å². The Labute approximate surface area is 181 Å².